The lowest BCUT2D eigenvalue weighted by molar-refractivity contribution is -0.129. The molecule has 3 heterocycles. The first kappa shape index (κ1) is 28.5. The van der Waals surface area contributed by atoms with Crippen LogP contribution in [0.5, 0.6) is 0 Å². The molecule has 3 amide bonds. The van der Waals surface area contributed by atoms with Gasteiger partial charge in [-0.15, -0.1) is 0 Å². The molecule has 3 aromatic rings. The molecule has 2 aromatic carbocycles. The Bertz CT molecular complexity index is 1510. The number of primary amides is 1. The summed E-state index contributed by atoms with van der Waals surface area (Å²) >= 11 is 0. The van der Waals surface area contributed by atoms with E-state index < -0.39 is 11.5 Å². The molecule has 0 radical (unpaired) electrons. The molecule has 0 spiro atoms. The van der Waals surface area contributed by atoms with Gasteiger partial charge in [0.25, 0.3) is 11.5 Å². The number of carbonyl (C=O) groups is 3. The van der Waals surface area contributed by atoms with E-state index in [0.717, 1.165) is 37.6 Å². The van der Waals surface area contributed by atoms with E-state index in [1.165, 1.54) is 0 Å². The van der Waals surface area contributed by atoms with E-state index >= 15 is 0 Å². The van der Waals surface area contributed by atoms with Gasteiger partial charge in [0.2, 0.25) is 17.8 Å². The van der Waals surface area contributed by atoms with Crippen LogP contribution in [0.25, 0.3) is 0 Å². The lowest BCUT2D eigenvalue weighted by Gasteiger charge is -2.35. The van der Waals surface area contributed by atoms with E-state index in [0.29, 0.717) is 37.6 Å². The highest BCUT2D eigenvalue weighted by Crippen LogP contribution is 2.25. The number of hydrogen-bond acceptors (Lipinski definition) is 9. The number of aromatic nitrogens is 2. The predicted molar refractivity (Wildman–Crippen MR) is 162 cm³/mol. The Hall–Kier alpha value is -5.07. The zero-order chi connectivity index (χ0) is 29.8. The Morgan fingerprint density at radius 3 is 1.55 bits per heavy atom. The van der Waals surface area contributed by atoms with Gasteiger partial charge in [-0.3, -0.25) is 24.2 Å². The number of H-pyrrole nitrogens is 1. The Morgan fingerprint density at radius 1 is 0.714 bits per heavy atom. The van der Waals surface area contributed by atoms with Crippen LogP contribution >= 0.6 is 0 Å². The average Bonchev–Trinajstić information content (AvgIpc) is 2.98. The van der Waals surface area contributed by atoms with Gasteiger partial charge in [-0.1, -0.05) is 0 Å². The van der Waals surface area contributed by atoms with Crippen LogP contribution in [0.1, 0.15) is 24.2 Å². The van der Waals surface area contributed by atoms with E-state index in [4.69, 9.17) is 5.73 Å². The topological polar surface area (TPSA) is 160 Å². The van der Waals surface area contributed by atoms with Crippen LogP contribution in [0.3, 0.4) is 0 Å². The molecule has 0 atom stereocenters. The first-order chi connectivity index (χ1) is 20.2. The number of nitrogens with two attached hydrogens (primary N) is 1. The van der Waals surface area contributed by atoms with Crippen LogP contribution < -0.4 is 31.7 Å². The maximum absolute atomic E-state index is 12.8. The first-order valence-electron chi connectivity index (χ1n) is 13.9. The van der Waals surface area contributed by atoms with Gasteiger partial charge in [0, 0.05) is 89.0 Å². The van der Waals surface area contributed by atoms with Crippen molar-refractivity contribution in [3.05, 3.63) is 64.4 Å². The molecule has 2 saturated heterocycles. The Morgan fingerprint density at radius 2 is 1.14 bits per heavy atom. The molecule has 0 saturated carbocycles. The molecule has 2 fully saturated rings. The molecule has 1 aromatic heterocycles. The smallest absolute Gasteiger partial charge is 0.267 e. The number of benzene rings is 2. The minimum absolute atomic E-state index is 0.0385. The number of rotatable bonds is 7. The highest BCUT2D eigenvalue weighted by atomic mass is 16.2. The van der Waals surface area contributed by atoms with Gasteiger partial charge < -0.3 is 36.0 Å². The average molecular weight is 574 g/mol. The fourth-order valence-corrected chi connectivity index (χ4v) is 5.20. The minimum Gasteiger partial charge on any atom is -0.368 e. The molecule has 42 heavy (non-hydrogen) atoms. The summed E-state index contributed by atoms with van der Waals surface area (Å²) < 4.78 is 0. The fraction of sp³-hybridized carbons (Fsp3) is 0.345. The fourth-order valence-electron chi connectivity index (χ4n) is 5.20. The van der Waals surface area contributed by atoms with Crippen molar-refractivity contribution in [3.8, 4) is 0 Å². The lowest BCUT2D eigenvalue weighted by Crippen LogP contribution is -2.48. The lowest BCUT2D eigenvalue weighted by atomic mass is 10.2. The van der Waals surface area contributed by atoms with E-state index in [1.807, 2.05) is 58.3 Å². The van der Waals surface area contributed by atoms with Crippen LogP contribution in [-0.2, 0) is 9.59 Å². The number of piperazine rings is 2. The van der Waals surface area contributed by atoms with Gasteiger partial charge in [-0.05, 0) is 48.5 Å². The molecule has 220 valence electrons. The van der Waals surface area contributed by atoms with E-state index in [9.17, 15) is 19.2 Å². The summed E-state index contributed by atoms with van der Waals surface area (Å²) in [6.07, 6.45) is 0. The molecular formula is C29H35N9O4. The van der Waals surface area contributed by atoms with Crippen molar-refractivity contribution in [1.29, 1.82) is 0 Å². The monoisotopic (exact) mass is 573 g/mol. The van der Waals surface area contributed by atoms with Crippen LogP contribution in [-0.4, -0.2) is 89.8 Å². The Kier molecular flexibility index (Phi) is 8.27. The largest absolute Gasteiger partial charge is 0.368 e. The number of aromatic amines is 1. The van der Waals surface area contributed by atoms with Crippen LogP contribution in [0.4, 0.5) is 34.5 Å². The highest BCUT2D eigenvalue weighted by molar-refractivity contribution is 5.98. The molecule has 2 aliphatic rings. The van der Waals surface area contributed by atoms with Gasteiger partial charge in [-0.2, -0.15) is 4.98 Å². The predicted octanol–water partition coefficient (Wildman–Crippen LogP) is 1.69. The van der Waals surface area contributed by atoms with E-state index in [1.54, 1.807) is 13.8 Å². The maximum atomic E-state index is 12.8. The number of amides is 3. The Labute approximate surface area is 243 Å². The molecule has 0 unspecified atom stereocenters. The number of hydrogen-bond donors (Lipinski definition) is 4. The summed E-state index contributed by atoms with van der Waals surface area (Å²) in [5.41, 5.74) is 7.93. The third-order valence-corrected chi connectivity index (χ3v) is 7.61. The van der Waals surface area contributed by atoms with Gasteiger partial charge in [0.05, 0.1) is 0 Å². The van der Waals surface area contributed by atoms with Crippen molar-refractivity contribution < 1.29 is 14.4 Å². The summed E-state index contributed by atoms with van der Waals surface area (Å²) in [5, 5.41) is 6.15. The van der Waals surface area contributed by atoms with Crippen LogP contribution in [0, 0.1) is 0 Å². The summed E-state index contributed by atoms with van der Waals surface area (Å²) in [6.45, 7) is 8.86. The number of anilines is 6. The van der Waals surface area contributed by atoms with Crippen molar-refractivity contribution in [2.45, 2.75) is 13.8 Å². The third kappa shape index (κ3) is 6.45. The Balaban J connectivity index is 1.27. The van der Waals surface area contributed by atoms with Crippen LogP contribution in [0.2, 0.25) is 0 Å². The molecule has 5 rings (SSSR count). The summed E-state index contributed by atoms with van der Waals surface area (Å²) in [4.78, 5) is 63.2. The van der Waals surface area contributed by atoms with Crippen molar-refractivity contribution in [3.63, 3.8) is 0 Å². The summed E-state index contributed by atoms with van der Waals surface area (Å²) in [6, 6.07) is 15.2. The molecule has 0 bridgehead atoms. The van der Waals surface area contributed by atoms with E-state index in [-0.39, 0.29) is 29.1 Å². The second-order valence-electron chi connectivity index (χ2n) is 10.3. The van der Waals surface area contributed by atoms with Crippen molar-refractivity contribution >= 4 is 52.2 Å². The van der Waals surface area contributed by atoms with Gasteiger partial charge >= 0.3 is 0 Å². The van der Waals surface area contributed by atoms with E-state index in [2.05, 4.69) is 30.4 Å². The normalized spacial score (nSPS) is 15.4. The molecule has 13 heteroatoms. The maximum Gasteiger partial charge on any atom is 0.267 e. The van der Waals surface area contributed by atoms with Gasteiger partial charge in [0.15, 0.2) is 5.82 Å². The summed E-state index contributed by atoms with van der Waals surface area (Å²) in [5.74, 6) is -0.542. The van der Waals surface area contributed by atoms with Crippen molar-refractivity contribution in [2.75, 3.05) is 72.8 Å². The third-order valence-electron chi connectivity index (χ3n) is 7.61. The standard InChI is InChI=1S/C29H35N9O4/c1-19(39)35-11-15-37(16-12-35)23-7-3-21(4-8-23)31-27-25(26(30)41)28(42)34-29(33-27)32-22-5-9-24(10-6-22)38-17-13-36(14-18-38)20(2)40/h3-10H,11-18H2,1-2H3,(H2,30,41)(H3,31,32,33,34,42). The van der Waals surface area contributed by atoms with Crippen LogP contribution in [0.15, 0.2) is 53.3 Å². The SMILES string of the molecule is CC(=O)N1CCN(c2ccc(Nc3nc(Nc4ccc(N5CCN(C(C)=O)CC5)cc4)c(C(N)=O)c(=O)[nH]3)cc2)CC1. The molecule has 0 aliphatic carbocycles. The van der Waals surface area contributed by atoms with Gasteiger partial charge in [-0.25, -0.2) is 0 Å². The number of nitrogens with zero attached hydrogens (tertiary/aromatic N) is 5. The van der Waals surface area contributed by atoms with Crippen molar-refractivity contribution in [1.82, 2.24) is 19.8 Å². The van der Waals surface area contributed by atoms with Gasteiger partial charge in [0.1, 0.15) is 5.56 Å². The molecular weight excluding hydrogens is 538 g/mol. The van der Waals surface area contributed by atoms with Crippen molar-refractivity contribution in [2.24, 2.45) is 5.73 Å². The first-order valence-corrected chi connectivity index (χ1v) is 13.9. The molecule has 2 aliphatic heterocycles. The molecule has 5 N–H and O–H groups in total. The highest BCUT2D eigenvalue weighted by Gasteiger charge is 2.21. The number of carbonyl (C=O) groups excluding carboxylic acids is 3. The molecule has 13 nitrogen and oxygen atoms in total. The number of nitrogens with one attached hydrogen (secondary N) is 3. The zero-order valence-corrected chi connectivity index (χ0v) is 23.7. The quantitative estimate of drug-likeness (QED) is 0.330. The second kappa shape index (κ2) is 12.2. The zero-order valence-electron chi connectivity index (χ0n) is 23.7. The minimum atomic E-state index is -0.896. The summed E-state index contributed by atoms with van der Waals surface area (Å²) in [7, 11) is 0. The second-order valence-corrected chi connectivity index (χ2v) is 10.3.